The minimum Gasteiger partial charge on any atom is -0.482 e. The van der Waals surface area contributed by atoms with Crippen LogP contribution in [-0.4, -0.2) is 12.6 Å². The van der Waals surface area contributed by atoms with E-state index in [0.29, 0.717) is 22.8 Å². The summed E-state index contributed by atoms with van der Waals surface area (Å²) in [5, 5.41) is 9.65. The first-order valence-electron chi connectivity index (χ1n) is 9.82. The lowest BCUT2D eigenvalue weighted by Crippen LogP contribution is -2.21. The lowest BCUT2D eigenvalue weighted by atomic mass is 9.83. The zero-order valence-electron chi connectivity index (χ0n) is 17.2. The largest absolute Gasteiger partial charge is 0.482 e. The number of ether oxygens (including phenoxy) is 3. The summed E-state index contributed by atoms with van der Waals surface area (Å²) in [5.41, 5.74) is 9.12. The van der Waals surface area contributed by atoms with Crippen molar-refractivity contribution in [2.24, 2.45) is 5.73 Å². The number of nitrogens with two attached hydrogens (primary N) is 1. The fraction of sp³-hybridized carbons (Fsp3) is 0.120. The van der Waals surface area contributed by atoms with Crippen LogP contribution in [0.2, 0.25) is 0 Å². The first-order chi connectivity index (χ1) is 15.4. The third kappa shape index (κ3) is 4.61. The molecule has 4 rings (SSSR count). The number of rotatable bonds is 5. The summed E-state index contributed by atoms with van der Waals surface area (Å²) in [7, 11) is 0. The first kappa shape index (κ1) is 21.5. The molecule has 3 aromatic carbocycles. The molecule has 0 aliphatic carbocycles. The van der Waals surface area contributed by atoms with Crippen LogP contribution < -0.4 is 19.9 Å². The van der Waals surface area contributed by atoms with Crippen molar-refractivity contribution in [1.29, 1.82) is 5.26 Å². The van der Waals surface area contributed by atoms with E-state index in [-0.39, 0.29) is 18.4 Å². The Kier molecular flexibility index (Phi) is 6.15. The minimum absolute atomic E-state index is 0.0269. The molecule has 1 heterocycles. The highest BCUT2D eigenvalue weighted by atomic mass is 79.9. The van der Waals surface area contributed by atoms with E-state index < -0.39 is 5.97 Å². The molecule has 0 radical (unpaired) electrons. The fourth-order valence-electron chi connectivity index (χ4n) is 3.44. The van der Waals surface area contributed by atoms with Gasteiger partial charge in [0.15, 0.2) is 6.61 Å². The maximum Gasteiger partial charge on any atom is 0.349 e. The number of esters is 1. The smallest absolute Gasteiger partial charge is 0.349 e. The first-order valence-corrected chi connectivity index (χ1v) is 10.6. The van der Waals surface area contributed by atoms with E-state index in [4.69, 9.17) is 19.9 Å². The van der Waals surface area contributed by atoms with Crippen molar-refractivity contribution in [2.45, 2.75) is 12.8 Å². The van der Waals surface area contributed by atoms with Crippen molar-refractivity contribution in [2.75, 3.05) is 6.61 Å². The van der Waals surface area contributed by atoms with Gasteiger partial charge in [-0.15, -0.1) is 0 Å². The Morgan fingerprint density at radius 3 is 2.47 bits per heavy atom. The molecular weight excluding hydrogens is 472 g/mol. The third-order valence-electron chi connectivity index (χ3n) is 5.00. The Morgan fingerprint density at radius 1 is 1.09 bits per heavy atom. The molecule has 32 heavy (non-hydrogen) atoms. The molecule has 0 fully saturated rings. The van der Waals surface area contributed by atoms with Crippen LogP contribution in [0.5, 0.6) is 17.2 Å². The number of aryl methyl sites for hydroxylation is 1. The van der Waals surface area contributed by atoms with Crippen molar-refractivity contribution >= 4 is 21.9 Å². The lowest BCUT2D eigenvalue weighted by molar-refractivity contribution is -0.136. The van der Waals surface area contributed by atoms with Crippen LogP contribution in [0.15, 0.2) is 82.7 Å². The Hall–Kier alpha value is -3.76. The molecule has 7 heteroatoms. The van der Waals surface area contributed by atoms with Crippen molar-refractivity contribution in [3.8, 4) is 23.3 Å². The van der Waals surface area contributed by atoms with Crippen molar-refractivity contribution in [3.05, 3.63) is 99.3 Å². The molecule has 0 amide bonds. The van der Waals surface area contributed by atoms with Crippen molar-refractivity contribution in [3.63, 3.8) is 0 Å². The maximum absolute atomic E-state index is 12.2. The summed E-state index contributed by atoms with van der Waals surface area (Å²) in [6.07, 6.45) is 0. The molecule has 1 atom stereocenters. The van der Waals surface area contributed by atoms with E-state index in [1.165, 1.54) is 0 Å². The number of hydrogen-bond donors (Lipinski definition) is 1. The summed E-state index contributed by atoms with van der Waals surface area (Å²) < 4.78 is 17.5. The minimum atomic E-state index is -0.549. The molecule has 0 aromatic heterocycles. The summed E-state index contributed by atoms with van der Waals surface area (Å²) >= 11 is 3.42. The van der Waals surface area contributed by atoms with Gasteiger partial charge in [0.1, 0.15) is 28.9 Å². The normalized spacial score (nSPS) is 14.7. The Labute approximate surface area is 194 Å². The molecule has 0 saturated carbocycles. The van der Waals surface area contributed by atoms with Crippen LogP contribution >= 0.6 is 15.9 Å². The molecule has 0 saturated heterocycles. The van der Waals surface area contributed by atoms with Crippen LogP contribution in [0.4, 0.5) is 0 Å². The molecule has 1 aliphatic heterocycles. The highest BCUT2D eigenvalue weighted by Gasteiger charge is 2.31. The lowest BCUT2D eigenvalue weighted by Gasteiger charge is -2.26. The number of hydrogen-bond acceptors (Lipinski definition) is 6. The predicted octanol–water partition coefficient (Wildman–Crippen LogP) is 4.96. The van der Waals surface area contributed by atoms with Crippen LogP contribution in [0.3, 0.4) is 0 Å². The van der Waals surface area contributed by atoms with Gasteiger partial charge < -0.3 is 19.9 Å². The summed E-state index contributed by atoms with van der Waals surface area (Å²) in [4.78, 5) is 12.2. The average Bonchev–Trinajstić information content (AvgIpc) is 2.78. The SMILES string of the molecule is Cc1ccc(OCC(=O)Oc2ccc3c(c2)OC(N)=C(C#N)C3c2ccc(Br)cc2)cc1. The Bertz CT molecular complexity index is 1230. The summed E-state index contributed by atoms with van der Waals surface area (Å²) in [6, 6.07) is 22.2. The second-order valence-electron chi connectivity index (χ2n) is 7.25. The predicted molar refractivity (Wildman–Crippen MR) is 122 cm³/mol. The molecule has 1 aliphatic rings. The van der Waals surface area contributed by atoms with E-state index >= 15 is 0 Å². The second kappa shape index (κ2) is 9.16. The van der Waals surface area contributed by atoms with E-state index in [0.717, 1.165) is 21.2 Å². The Morgan fingerprint density at radius 2 is 1.78 bits per heavy atom. The quantitative estimate of drug-likeness (QED) is 0.401. The molecule has 160 valence electrons. The number of halogens is 1. The van der Waals surface area contributed by atoms with Crippen molar-refractivity contribution < 1.29 is 19.0 Å². The van der Waals surface area contributed by atoms with E-state index in [9.17, 15) is 10.1 Å². The molecular formula is C25H19BrN2O4. The molecule has 2 N–H and O–H groups in total. The number of nitrogens with zero attached hydrogens (tertiary/aromatic N) is 1. The van der Waals surface area contributed by atoms with E-state index in [2.05, 4.69) is 22.0 Å². The number of benzene rings is 3. The molecule has 0 bridgehead atoms. The van der Waals surface area contributed by atoms with Crippen LogP contribution in [0.25, 0.3) is 0 Å². The van der Waals surface area contributed by atoms with Crippen LogP contribution in [0, 0.1) is 18.3 Å². The summed E-state index contributed by atoms with van der Waals surface area (Å²) in [6.45, 7) is 1.74. The van der Waals surface area contributed by atoms with Gasteiger partial charge in [0.2, 0.25) is 5.88 Å². The molecule has 0 spiro atoms. The number of carbonyl (C=O) groups is 1. The molecule has 1 unspecified atom stereocenters. The van der Waals surface area contributed by atoms with Crippen LogP contribution in [-0.2, 0) is 4.79 Å². The fourth-order valence-corrected chi connectivity index (χ4v) is 3.70. The number of nitriles is 1. The number of allylic oxidation sites excluding steroid dienone is 1. The van der Waals surface area contributed by atoms with Crippen molar-refractivity contribution in [1.82, 2.24) is 0 Å². The monoisotopic (exact) mass is 490 g/mol. The van der Waals surface area contributed by atoms with Gasteiger partial charge in [-0.1, -0.05) is 51.8 Å². The van der Waals surface area contributed by atoms with Gasteiger partial charge in [0, 0.05) is 16.1 Å². The van der Waals surface area contributed by atoms with Gasteiger partial charge in [0.05, 0.1) is 5.92 Å². The van der Waals surface area contributed by atoms with Gasteiger partial charge in [-0.05, 0) is 42.8 Å². The third-order valence-corrected chi connectivity index (χ3v) is 5.53. The maximum atomic E-state index is 12.2. The second-order valence-corrected chi connectivity index (χ2v) is 8.17. The van der Waals surface area contributed by atoms with Gasteiger partial charge >= 0.3 is 5.97 Å². The number of fused-ring (bicyclic) bond motifs is 1. The molecule has 3 aromatic rings. The average molecular weight is 491 g/mol. The highest BCUT2D eigenvalue weighted by molar-refractivity contribution is 9.10. The van der Waals surface area contributed by atoms with Gasteiger partial charge in [-0.25, -0.2) is 4.79 Å². The van der Waals surface area contributed by atoms with Gasteiger partial charge in [-0.3, -0.25) is 0 Å². The summed E-state index contributed by atoms with van der Waals surface area (Å²) in [5.74, 6) is 0.404. The van der Waals surface area contributed by atoms with Gasteiger partial charge in [-0.2, -0.15) is 5.26 Å². The zero-order valence-corrected chi connectivity index (χ0v) is 18.8. The van der Waals surface area contributed by atoms with Gasteiger partial charge in [0.25, 0.3) is 0 Å². The topological polar surface area (TPSA) is 94.6 Å². The number of carbonyl (C=O) groups excluding carboxylic acids is 1. The zero-order chi connectivity index (χ0) is 22.7. The standard InChI is InChI=1S/C25H19BrN2O4/c1-15-2-8-18(9-3-15)30-14-23(29)31-19-10-11-20-22(12-19)32-25(28)21(13-27)24(20)16-4-6-17(26)7-5-16/h2-12,24H,14,28H2,1H3. The van der Waals surface area contributed by atoms with E-state index in [1.54, 1.807) is 30.3 Å². The highest BCUT2D eigenvalue weighted by Crippen LogP contribution is 2.43. The Balaban J connectivity index is 1.53. The molecule has 6 nitrogen and oxygen atoms in total. The van der Waals surface area contributed by atoms with E-state index in [1.807, 2.05) is 43.3 Å². The van der Waals surface area contributed by atoms with Crippen LogP contribution in [0.1, 0.15) is 22.6 Å².